The van der Waals surface area contributed by atoms with Gasteiger partial charge in [-0.05, 0) is 30.7 Å². The number of alkyl halides is 3. The maximum Gasteiger partial charge on any atom is 0.490 e. The van der Waals surface area contributed by atoms with E-state index in [1.54, 1.807) is 31.6 Å². The Morgan fingerprint density at radius 2 is 1.79 bits per heavy atom. The fraction of sp³-hybridized carbons (Fsp3) is 0.176. The summed E-state index contributed by atoms with van der Waals surface area (Å²) in [6.45, 7) is 1.99. The lowest BCUT2D eigenvalue weighted by molar-refractivity contribution is -0.192. The number of fused-ring (bicyclic) bond motifs is 1. The number of aryl methyl sites for hydroxylation is 1. The van der Waals surface area contributed by atoms with Gasteiger partial charge in [-0.2, -0.15) is 13.2 Å². The number of methoxy groups -OCH3 is 1. The number of hydrogen-bond acceptors (Lipinski definition) is 6. The van der Waals surface area contributed by atoms with Gasteiger partial charge >= 0.3 is 12.1 Å². The van der Waals surface area contributed by atoms with Crippen molar-refractivity contribution in [3.63, 3.8) is 0 Å². The van der Waals surface area contributed by atoms with Crippen LogP contribution in [0.4, 0.5) is 18.9 Å². The minimum absolute atomic E-state index is 0.233. The second-order valence-corrected chi connectivity index (χ2v) is 6.27. The lowest BCUT2D eigenvalue weighted by atomic mass is 10.2. The first-order valence-corrected chi connectivity index (χ1v) is 8.40. The Kier molecular flexibility index (Phi) is 6.52. The Morgan fingerprint density at radius 1 is 1.18 bits per heavy atom. The molecule has 2 N–H and O–H groups in total. The predicted molar refractivity (Wildman–Crippen MR) is 96.8 cm³/mol. The molecule has 3 aromatic rings. The van der Waals surface area contributed by atoms with E-state index < -0.39 is 12.1 Å². The SMILES string of the molecule is COc1ccc(C)c2sc(C(=O)Nc3ccncc3)nc12.O=C(O)C(F)(F)F. The summed E-state index contributed by atoms with van der Waals surface area (Å²) in [5.74, 6) is -2.31. The highest BCUT2D eigenvalue weighted by atomic mass is 32.1. The molecule has 2 heterocycles. The van der Waals surface area contributed by atoms with Crippen molar-refractivity contribution in [3.8, 4) is 5.75 Å². The Balaban J connectivity index is 0.000000345. The molecule has 0 aliphatic heterocycles. The molecule has 0 radical (unpaired) electrons. The number of aromatic nitrogens is 2. The Bertz CT molecular complexity index is 990. The van der Waals surface area contributed by atoms with Gasteiger partial charge in [-0.15, -0.1) is 11.3 Å². The van der Waals surface area contributed by atoms with E-state index in [-0.39, 0.29) is 5.91 Å². The van der Waals surface area contributed by atoms with Crippen LogP contribution >= 0.6 is 11.3 Å². The van der Waals surface area contributed by atoms with Crippen molar-refractivity contribution in [1.29, 1.82) is 0 Å². The van der Waals surface area contributed by atoms with Crippen LogP contribution in [0.2, 0.25) is 0 Å². The lowest BCUT2D eigenvalue weighted by Crippen LogP contribution is -2.21. The third-order valence-electron chi connectivity index (χ3n) is 3.30. The molecule has 0 fully saturated rings. The van der Waals surface area contributed by atoms with Gasteiger partial charge in [0.15, 0.2) is 5.01 Å². The second-order valence-electron chi connectivity index (χ2n) is 5.27. The highest BCUT2D eigenvalue weighted by Gasteiger charge is 2.38. The summed E-state index contributed by atoms with van der Waals surface area (Å²) in [5, 5.41) is 10.3. The van der Waals surface area contributed by atoms with E-state index in [0.717, 1.165) is 15.8 Å². The smallest absolute Gasteiger partial charge is 0.490 e. The fourth-order valence-electron chi connectivity index (χ4n) is 1.99. The first kappa shape index (κ1) is 21.1. The van der Waals surface area contributed by atoms with Crippen molar-refractivity contribution < 1.29 is 32.6 Å². The summed E-state index contributed by atoms with van der Waals surface area (Å²) in [4.78, 5) is 29.5. The van der Waals surface area contributed by atoms with Gasteiger partial charge in [0.05, 0.1) is 11.8 Å². The number of carboxylic acid groups (broad SMARTS) is 1. The number of carbonyl (C=O) groups excluding carboxylic acids is 1. The maximum atomic E-state index is 12.3. The molecule has 148 valence electrons. The molecule has 1 aromatic carbocycles. The standard InChI is InChI=1S/C15H13N3O2S.C2HF3O2/c1-9-3-4-11(20-2)12-13(9)21-15(18-12)14(19)17-10-5-7-16-8-6-10;3-2(4,5)1(6)7/h3-8H,1-2H3,(H,16,17,19);(H,6,7). The number of nitrogens with one attached hydrogen (secondary N) is 1. The minimum Gasteiger partial charge on any atom is -0.494 e. The monoisotopic (exact) mass is 413 g/mol. The number of carbonyl (C=O) groups is 2. The van der Waals surface area contributed by atoms with Crippen LogP contribution < -0.4 is 10.1 Å². The van der Waals surface area contributed by atoms with E-state index in [2.05, 4.69) is 15.3 Å². The fourth-order valence-corrected chi connectivity index (χ4v) is 2.94. The molecule has 28 heavy (non-hydrogen) atoms. The summed E-state index contributed by atoms with van der Waals surface area (Å²) >= 11 is 1.36. The van der Waals surface area contributed by atoms with E-state index in [9.17, 15) is 18.0 Å². The van der Waals surface area contributed by atoms with Gasteiger partial charge in [-0.1, -0.05) is 6.07 Å². The van der Waals surface area contributed by atoms with Gasteiger partial charge in [0.1, 0.15) is 11.3 Å². The number of pyridine rings is 1. The van der Waals surface area contributed by atoms with E-state index in [4.69, 9.17) is 14.6 Å². The first-order valence-electron chi connectivity index (χ1n) is 7.59. The molecule has 2 aromatic heterocycles. The number of anilines is 1. The molecule has 0 unspecified atom stereocenters. The van der Waals surface area contributed by atoms with E-state index >= 15 is 0 Å². The van der Waals surface area contributed by atoms with Gasteiger partial charge in [0.25, 0.3) is 5.91 Å². The van der Waals surface area contributed by atoms with Crippen LogP contribution in [0.1, 0.15) is 15.4 Å². The maximum absolute atomic E-state index is 12.3. The van der Waals surface area contributed by atoms with Gasteiger partial charge in [-0.25, -0.2) is 9.78 Å². The molecule has 0 bridgehead atoms. The molecule has 0 aliphatic carbocycles. The number of aliphatic carboxylic acids is 1. The Morgan fingerprint density at radius 3 is 2.32 bits per heavy atom. The molecule has 0 aliphatic rings. The van der Waals surface area contributed by atoms with Crippen molar-refractivity contribution >= 4 is 39.1 Å². The van der Waals surface area contributed by atoms with Crippen molar-refractivity contribution in [1.82, 2.24) is 9.97 Å². The third-order valence-corrected chi connectivity index (χ3v) is 4.49. The summed E-state index contributed by atoms with van der Waals surface area (Å²) in [5.41, 5.74) is 2.49. The number of ether oxygens (including phenoxy) is 1. The van der Waals surface area contributed by atoms with Gasteiger partial charge in [0, 0.05) is 18.1 Å². The van der Waals surface area contributed by atoms with Crippen molar-refractivity contribution in [3.05, 3.63) is 47.2 Å². The van der Waals surface area contributed by atoms with Crippen LogP contribution in [0, 0.1) is 6.92 Å². The van der Waals surface area contributed by atoms with Crippen LogP contribution in [0.25, 0.3) is 10.2 Å². The van der Waals surface area contributed by atoms with Crippen LogP contribution in [-0.2, 0) is 4.79 Å². The van der Waals surface area contributed by atoms with Gasteiger partial charge in [-0.3, -0.25) is 9.78 Å². The Labute approximate surface area is 160 Å². The van der Waals surface area contributed by atoms with Gasteiger partial charge < -0.3 is 15.2 Å². The molecule has 11 heteroatoms. The van der Waals surface area contributed by atoms with Gasteiger partial charge in [0.2, 0.25) is 0 Å². The van der Waals surface area contributed by atoms with Crippen molar-refractivity contribution in [2.24, 2.45) is 0 Å². The lowest BCUT2D eigenvalue weighted by Gasteiger charge is -2.01. The molecular weight excluding hydrogens is 399 g/mol. The summed E-state index contributed by atoms with van der Waals surface area (Å²) in [7, 11) is 1.60. The average molecular weight is 413 g/mol. The van der Waals surface area contributed by atoms with Crippen LogP contribution in [0.15, 0.2) is 36.7 Å². The number of halogens is 3. The summed E-state index contributed by atoms with van der Waals surface area (Å²) < 4.78 is 38.0. The third kappa shape index (κ3) is 5.16. The van der Waals surface area contributed by atoms with Crippen LogP contribution in [0.5, 0.6) is 5.75 Å². The zero-order chi connectivity index (χ0) is 20.9. The number of benzene rings is 1. The number of rotatable bonds is 3. The largest absolute Gasteiger partial charge is 0.494 e. The highest BCUT2D eigenvalue weighted by Crippen LogP contribution is 2.32. The first-order chi connectivity index (χ1) is 13.1. The normalized spacial score (nSPS) is 10.8. The summed E-state index contributed by atoms with van der Waals surface area (Å²) in [6, 6.07) is 7.29. The molecular formula is C17H14F3N3O4S. The van der Waals surface area contributed by atoms with E-state index in [1.165, 1.54) is 11.3 Å². The number of carboxylic acids is 1. The number of thiazole rings is 1. The van der Waals surface area contributed by atoms with E-state index in [1.807, 2.05) is 19.1 Å². The quantitative estimate of drug-likeness (QED) is 0.676. The van der Waals surface area contributed by atoms with Crippen molar-refractivity contribution in [2.75, 3.05) is 12.4 Å². The Hall–Kier alpha value is -3.21. The zero-order valence-electron chi connectivity index (χ0n) is 14.6. The minimum atomic E-state index is -5.08. The van der Waals surface area contributed by atoms with Crippen molar-refractivity contribution in [2.45, 2.75) is 13.1 Å². The topological polar surface area (TPSA) is 101 Å². The van der Waals surface area contributed by atoms with Crippen LogP contribution in [0.3, 0.4) is 0 Å². The van der Waals surface area contributed by atoms with Crippen LogP contribution in [-0.4, -0.2) is 40.2 Å². The average Bonchev–Trinajstić information content (AvgIpc) is 3.09. The molecule has 0 saturated carbocycles. The predicted octanol–water partition coefficient (Wildman–Crippen LogP) is 3.89. The highest BCUT2D eigenvalue weighted by molar-refractivity contribution is 7.20. The summed E-state index contributed by atoms with van der Waals surface area (Å²) in [6.07, 6.45) is -1.83. The molecule has 0 atom stereocenters. The number of amides is 1. The number of nitrogens with zero attached hydrogens (tertiary/aromatic N) is 2. The molecule has 0 saturated heterocycles. The molecule has 3 rings (SSSR count). The zero-order valence-corrected chi connectivity index (χ0v) is 15.4. The molecule has 0 spiro atoms. The number of hydrogen-bond donors (Lipinski definition) is 2. The van der Waals surface area contributed by atoms with E-state index in [0.29, 0.717) is 16.4 Å². The second kappa shape index (κ2) is 8.65. The molecule has 1 amide bonds. The molecule has 7 nitrogen and oxygen atoms in total.